The SMILES string of the molecule is CN(Cc1cnn(C)c1)C(=O)c1cc(Cl)c2c(c1)OCCCO2. The van der Waals surface area contributed by atoms with E-state index in [4.69, 9.17) is 21.1 Å². The molecule has 23 heavy (non-hydrogen) atoms. The number of ether oxygens (including phenoxy) is 2. The van der Waals surface area contributed by atoms with Gasteiger partial charge < -0.3 is 14.4 Å². The first-order chi connectivity index (χ1) is 11.0. The molecular weight excluding hydrogens is 318 g/mol. The zero-order chi connectivity index (χ0) is 16.4. The normalized spacial score (nSPS) is 13.5. The van der Waals surface area contributed by atoms with Crippen LogP contribution in [-0.4, -0.2) is 40.8 Å². The second kappa shape index (κ2) is 6.50. The third-order valence-electron chi connectivity index (χ3n) is 3.57. The van der Waals surface area contributed by atoms with Crippen molar-refractivity contribution in [2.24, 2.45) is 7.05 Å². The van der Waals surface area contributed by atoms with E-state index in [0.717, 1.165) is 12.0 Å². The lowest BCUT2D eigenvalue weighted by atomic mass is 10.1. The number of carbonyl (C=O) groups is 1. The predicted molar refractivity (Wildman–Crippen MR) is 86.1 cm³/mol. The number of aryl methyl sites for hydroxylation is 1. The van der Waals surface area contributed by atoms with E-state index in [0.29, 0.717) is 41.8 Å². The maximum atomic E-state index is 12.6. The van der Waals surface area contributed by atoms with Gasteiger partial charge >= 0.3 is 0 Å². The van der Waals surface area contributed by atoms with Crippen LogP contribution in [-0.2, 0) is 13.6 Å². The van der Waals surface area contributed by atoms with Gasteiger partial charge in [0.25, 0.3) is 5.91 Å². The van der Waals surface area contributed by atoms with Gasteiger partial charge in [0.2, 0.25) is 0 Å². The lowest BCUT2D eigenvalue weighted by Crippen LogP contribution is -2.26. The number of amides is 1. The van der Waals surface area contributed by atoms with Gasteiger partial charge in [0.05, 0.1) is 24.4 Å². The molecule has 1 aromatic heterocycles. The van der Waals surface area contributed by atoms with Crippen LogP contribution in [0.3, 0.4) is 0 Å². The number of nitrogens with zero attached hydrogens (tertiary/aromatic N) is 3. The van der Waals surface area contributed by atoms with Gasteiger partial charge in [-0.25, -0.2) is 0 Å². The molecule has 1 amide bonds. The summed E-state index contributed by atoms with van der Waals surface area (Å²) in [6.45, 7) is 1.58. The molecule has 1 aliphatic rings. The van der Waals surface area contributed by atoms with Crippen molar-refractivity contribution >= 4 is 17.5 Å². The van der Waals surface area contributed by atoms with Gasteiger partial charge in [-0.15, -0.1) is 0 Å². The molecule has 0 atom stereocenters. The maximum absolute atomic E-state index is 12.6. The highest BCUT2D eigenvalue weighted by Crippen LogP contribution is 2.38. The van der Waals surface area contributed by atoms with Crippen molar-refractivity contribution in [2.75, 3.05) is 20.3 Å². The summed E-state index contributed by atoms with van der Waals surface area (Å²) < 4.78 is 12.9. The van der Waals surface area contributed by atoms with Crippen molar-refractivity contribution in [1.29, 1.82) is 0 Å². The van der Waals surface area contributed by atoms with Crippen molar-refractivity contribution in [1.82, 2.24) is 14.7 Å². The summed E-state index contributed by atoms with van der Waals surface area (Å²) in [5.74, 6) is 0.898. The Labute approximate surface area is 139 Å². The molecule has 1 aromatic carbocycles. The number of fused-ring (bicyclic) bond motifs is 1. The molecule has 0 spiro atoms. The van der Waals surface area contributed by atoms with E-state index < -0.39 is 0 Å². The minimum absolute atomic E-state index is 0.133. The number of rotatable bonds is 3. The Bertz CT molecular complexity index is 729. The van der Waals surface area contributed by atoms with E-state index in [1.807, 2.05) is 13.2 Å². The third kappa shape index (κ3) is 3.42. The molecule has 0 unspecified atom stereocenters. The van der Waals surface area contributed by atoms with Crippen LogP contribution in [0.4, 0.5) is 0 Å². The fourth-order valence-electron chi connectivity index (χ4n) is 2.47. The van der Waals surface area contributed by atoms with Gasteiger partial charge in [0.1, 0.15) is 0 Å². The van der Waals surface area contributed by atoms with Crippen molar-refractivity contribution in [3.63, 3.8) is 0 Å². The molecule has 0 saturated heterocycles. The Morgan fingerprint density at radius 3 is 2.91 bits per heavy atom. The lowest BCUT2D eigenvalue weighted by molar-refractivity contribution is 0.0784. The first-order valence-electron chi connectivity index (χ1n) is 7.36. The minimum Gasteiger partial charge on any atom is -0.489 e. The molecular formula is C16H18ClN3O3. The quantitative estimate of drug-likeness (QED) is 0.864. The van der Waals surface area contributed by atoms with Crippen LogP contribution in [0, 0.1) is 0 Å². The van der Waals surface area contributed by atoms with Gasteiger partial charge in [0, 0.05) is 44.4 Å². The summed E-state index contributed by atoms with van der Waals surface area (Å²) in [5.41, 5.74) is 1.44. The number of carbonyl (C=O) groups excluding carboxylic acids is 1. The number of hydrogen-bond donors (Lipinski definition) is 0. The molecule has 0 bridgehead atoms. The second-order valence-electron chi connectivity index (χ2n) is 5.52. The third-order valence-corrected chi connectivity index (χ3v) is 3.85. The van der Waals surface area contributed by atoms with Gasteiger partial charge in [-0.3, -0.25) is 9.48 Å². The topological polar surface area (TPSA) is 56.6 Å². The van der Waals surface area contributed by atoms with E-state index in [1.165, 1.54) is 0 Å². The van der Waals surface area contributed by atoms with Gasteiger partial charge in [-0.2, -0.15) is 5.10 Å². The van der Waals surface area contributed by atoms with Crippen molar-refractivity contribution in [3.8, 4) is 11.5 Å². The van der Waals surface area contributed by atoms with E-state index in [2.05, 4.69) is 5.10 Å². The summed E-state index contributed by atoms with van der Waals surface area (Å²) in [4.78, 5) is 14.2. The zero-order valence-corrected chi connectivity index (χ0v) is 13.8. The fourth-order valence-corrected chi connectivity index (χ4v) is 2.74. The molecule has 6 nitrogen and oxygen atoms in total. The largest absolute Gasteiger partial charge is 0.489 e. The van der Waals surface area contributed by atoms with Crippen molar-refractivity contribution in [3.05, 3.63) is 40.7 Å². The molecule has 0 radical (unpaired) electrons. The molecule has 1 aliphatic heterocycles. The standard InChI is InChI=1S/C16H18ClN3O3/c1-19(9-11-8-18-20(2)10-11)16(21)12-6-13(17)15-14(7-12)22-4-3-5-23-15/h6-8,10H,3-5,9H2,1-2H3. The van der Waals surface area contributed by atoms with Gasteiger partial charge in [-0.1, -0.05) is 11.6 Å². The molecule has 3 rings (SSSR count). The fraction of sp³-hybridized carbons (Fsp3) is 0.375. The highest BCUT2D eigenvalue weighted by Gasteiger charge is 2.20. The molecule has 0 N–H and O–H groups in total. The Morgan fingerprint density at radius 1 is 1.39 bits per heavy atom. The molecule has 7 heteroatoms. The van der Waals surface area contributed by atoms with E-state index in [1.54, 1.807) is 35.0 Å². The Kier molecular flexibility index (Phi) is 4.43. The monoisotopic (exact) mass is 335 g/mol. The number of aromatic nitrogens is 2. The molecule has 2 aromatic rings. The van der Waals surface area contributed by atoms with Crippen molar-refractivity contribution < 1.29 is 14.3 Å². The summed E-state index contributed by atoms with van der Waals surface area (Å²) in [5, 5.41) is 4.50. The predicted octanol–water partition coefficient (Wildman–Crippen LogP) is 2.51. The average Bonchev–Trinajstić information content (AvgIpc) is 2.78. The Morgan fingerprint density at radius 2 is 2.17 bits per heavy atom. The number of halogens is 1. The molecule has 2 heterocycles. The zero-order valence-electron chi connectivity index (χ0n) is 13.1. The summed E-state index contributed by atoms with van der Waals surface area (Å²) >= 11 is 6.24. The van der Waals surface area contributed by atoms with Gasteiger partial charge in [-0.05, 0) is 12.1 Å². The Balaban J connectivity index is 1.81. The van der Waals surface area contributed by atoms with E-state index in [-0.39, 0.29) is 5.91 Å². The first kappa shape index (κ1) is 15.7. The van der Waals surface area contributed by atoms with Crippen LogP contribution in [0.1, 0.15) is 22.3 Å². The molecule has 0 saturated carbocycles. The van der Waals surface area contributed by atoms with E-state index in [9.17, 15) is 4.79 Å². The van der Waals surface area contributed by atoms with Crippen molar-refractivity contribution in [2.45, 2.75) is 13.0 Å². The highest BCUT2D eigenvalue weighted by atomic mass is 35.5. The summed E-state index contributed by atoms with van der Waals surface area (Å²) in [6, 6.07) is 3.31. The van der Waals surface area contributed by atoms with Crippen LogP contribution in [0.5, 0.6) is 11.5 Å². The highest BCUT2D eigenvalue weighted by molar-refractivity contribution is 6.32. The molecule has 0 aliphatic carbocycles. The molecule has 122 valence electrons. The smallest absolute Gasteiger partial charge is 0.254 e. The first-order valence-corrected chi connectivity index (χ1v) is 7.74. The van der Waals surface area contributed by atoms with Crippen LogP contribution in [0.15, 0.2) is 24.5 Å². The summed E-state index contributed by atoms with van der Waals surface area (Å²) in [6.07, 6.45) is 4.41. The van der Waals surface area contributed by atoms with Crippen LogP contribution in [0.2, 0.25) is 5.02 Å². The number of benzene rings is 1. The van der Waals surface area contributed by atoms with Crippen LogP contribution < -0.4 is 9.47 Å². The summed E-state index contributed by atoms with van der Waals surface area (Å²) in [7, 11) is 3.58. The Hall–Kier alpha value is -2.21. The van der Waals surface area contributed by atoms with Gasteiger partial charge in [0.15, 0.2) is 11.5 Å². The average molecular weight is 336 g/mol. The number of hydrogen-bond acceptors (Lipinski definition) is 4. The second-order valence-corrected chi connectivity index (χ2v) is 5.93. The minimum atomic E-state index is -0.133. The molecule has 0 fully saturated rings. The van der Waals surface area contributed by atoms with Crippen LogP contribution in [0.25, 0.3) is 0 Å². The van der Waals surface area contributed by atoms with Crippen LogP contribution >= 0.6 is 11.6 Å². The maximum Gasteiger partial charge on any atom is 0.254 e. The van der Waals surface area contributed by atoms with E-state index >= 15 is 0 Å². The lowest BCUT2D eigenvalue weighted by Gasteiger charge is -2.18.